The molecule has 0 aromatic rings. The van der Waals surface area contributed by atoms with Crippen LogP contribution in [0.15, 0.2) is 0 Å². The minimum absolute atomic E-state index is 0.0332. The van der Waals surface area contributed by atoms with Gasteiger partial charge in [0, 0.05) is 58.3 Å². The highest BCUT2D eigenvalue weighted by molar-refractivity contribution is 8.19. The molecule has 1 heterocycles. The lowest BCUT2D eigenvalue weighted by molar-refractivity contribution is 1.78. The van der Waals surface area contributed by atoms with Gasteiger partial charge < -0.3 is 0 Å². The van der Waals surface area contributed by atoms with E-state index in [0.717, 1.165) is 0 Å². The topological polar surface area (TPSA) is 0 Å². The van der Waals surface area contributed by atoms with Crippen molar-refractivity contribution in [3.05, 3.63) is 0 Å². The third-order valence-corrected chi connectivity index (χ3v) is 190. The van der Waals surface area contributed by atoms with Crippen LogP contribution in [0.2, 0.25) is 91.7 Å². The number of hydrogen-bond acceptors (Lipinski definition) is 0. The molecule has 0 N–H and O–H groups in total. The molecule has 22 heavy (non-hydrogen) atoms. The first-order chi connectivity index (χ1) is 9.23. The molecule has 0 saturated carbocycles. The highest BCUT2D eigenvalue weighted by Gasteiger charge is 2.72. The van der Waals surface area contributed by atoms with E-state index in [1.165, 1.54) is 0 Å². The van der Waals surface area contributed by atoms with Crippen molar-refractivity contribution in [2.24, 2.45) is 0 Å². The zero-order chi connectivity index (χ0) is 18.2. The third-order valence-electron chi connectivity index (χ3n) is 7.12. The molecule has 0 aliphatic carbocycles. The van der Waals surface area contributed by atoms with E-state index >= 15 is 0 Å². The average Bonchev–Trinajstić information content (AvgIpc) is 2.06. The molecule has 2 radical (unpaired) electrons. The Labute approximate surface area is 149 Å². The Bertz CT molecular complexity index is 369. The van der Waals surface area contributed by atoms with E-state index in [0.29, 0.717) is 0 Å². The summed E-state index contributed by atoms with van der Waals surface area (Å²) in [4.78, 5) is 0. The smallest absolute Gasteiger partial charge is 0.0301 e. The second-order valence-corrected chi connectivity index (χ2v) is 98.2. The fourth-order valence-electron chi connectivity index (χ4n) is 6.56. The molecule has 8 heteroatoms. The minimum atomic E-state index is -1.00. The summed E-state index contributed by atoms with van der Waals surface area (Å²) < 4.78 is 0. The molecule has 1 rings (SSSR count). The normalized spacial score (nSPS) is 28.6. The van der Waals surface area contributed by atoms with Gasteiger partial charge in [-0.15, -0.1) is 0 Å². The quantitative estimate of drug-likeness (QED) is 0.528. The van der Waals surface area contributed by atoms with E-state index < -0.39 is 43.6 Å². The van der Waals surface area contributed by atoms with Crippen LogP contribution in [-0.2, 0) is 0 Å². The van der Waals surface area contributed by atoms with Crippen LogP contribution in [0.3, 0.4) is 0 Å². The van der Waals surface area contributed by atoms with Gasteiger partial charge in [0.15, 0.2) is 0 Å². The predicted octanol–water partition coefficient (Wildman–Crippen LogP) is 5.13. The zero-order valence-corrected chi connectivity index (χ0v) is 26.0. The van der Waals surface area contributed by atoms with Crippen molar-refractivity contribution in [2.45, 2.75) is 91.7 Å². The SMILES string of the molecule is C[Si](C)(C)[Si]1[Si](C)(C)[Si](C)(C)[Si]([Si](C)(C)C)[Si](C)(C)[Si]1(C)C. The molecule has 0 bridgehead atoms. The van der Waals surface area contributed by atoms with E-state index in [2.05, 4.69) is 91.7 Å². The fraction of sp³-hybridized carbons (Fsp3) is 1.00. The Morgan fingerprint density at radius 3 is 0.636 bits per heavy atom. The lowest BCUT2D eigenvalue weighted by atomic mass is 11.8. The van der Waals surface area contributed by atoms with E-state index in [9.17, 15) is 0 Å². The largest absolute Gasteiger partial charge is 0.0739 e. The van der Waals surface area contributed by atoms with E-state index in [1.807, 2.05) is 0 Å². The van der Waals surface area contributed by atoms with Crippen LogP contribution in [0.1, 0.15) is 0 Å². The molecule has 1 fully saturated rings. The first-order valence-corrected chi connectivity index (χ1v) is 39.0. The number of rotatable bonds is 2. The van der Waals surface area contributed by atoms with Gasteiger partial charge in [-0.05, 0) is 0 Å². The van der Waals surface area contributed by atoms with Crippen molar-refractivity contribution in [1.82, 2.24) is 0 Å². The maximum Gasteiger partial charge on any atom is 0.0301 e. The van der Waals surface area contributed by atoms with Gasteiger partial charge in [0.2, 0.25) is 0 Å². The summed E-state index contributed by atoms with van der Waals surface area (Å²) in [6.07, 6.45) is 0. The van der Waals surface area contributed by atoms with E-state index in [-0.39, 0.29) is 14.7 Å². The highest BCUT2D eigenvalue weighted by Crippen LogP contribution is 2.46. The van der Waals surface area contributed by atoms with Crippen LogP contribution in [-0.4, -0.2) is 58.3 Å². The van der Waals surface area contributed by atoms with Crippen molar-refractivity contribution in [3.8, 4) is 0 Å². The molecule has 130 valence electrons. The van der Waals surface area contributed by atoms with Crippen LogP contribution < -0.4 is 0 Å². The maximum atomic E-state index is 2.93. The van der Waals surface area contributed by atoms with Crippen molar-refractivity contribution in [3.63, 3.8) is 0 Å². The van der Waals surface area contributed by atoms with Crippen molar-refractivity contribution >= 4 is 58.3 Å². The second kappa shape index (κ2) is 5.62. The third kappa shape index (κ3) is 3.01. The Kier molecular flexibility index (Phi) is 5.56. The zero-order valence-electron chi connectivity index (χ0n) is 18.0. The van der Waals surface area contributed by atoms with Crippen LogP contribution in [0.4, 0.5) is 0 Å². The Balaban J connectivity index is 3.77. The van der Waals surface area contributed by atoms with Gasteiger partial charge in [0.25, 0.3) is 0 Å². The Morgan fingerprint density at radius 1 is 0.409 bits per heavy atom. The molecule has 1 saturated heterocycles. The molecule has 0 atom stereocenters. The summed E-state index contributed by atoms with van der Waals surface area (Å²) in [5.41, 5.74) is 0. The fourth-order valence-corrected chi connectivity index (χ4v) is 366. The van der Waals surface area contributed by atoms with E-state index in [1.54, 1.807) is 0 Å². The summed E-state index contributed by atoms with van der Waals surface area (Å²) in [6, 6.07) is 0. The van der Waals surface area contributed by atoms with Gasteiger partial charge in [0.1, 0.15) is 0 Å². The molecule has 1 aliphatic rings. The summed E-state index contributed by atoms with van der Waals surface area (Å²) in [6.45, 7) is 40.0. The van der Waals surface area contributed by atoms with Gasteiger partial charge in [0.05, 0.1) is 0 Å². The predicted molar refractivity (Wildman–Crippen MR) is 128 cm³/mol. The molecular weight excluding hydrogens is 393 g/mol. The molecule has 0 aromatic carbocycles. The van der Waals surface area contributed by atoms with Crippen LogP contribution >= 0.6 is 0 Å². The molecule has 0 amide bonds. The first-order valence-electron chi connectivity index (χ1n) is 9.00. The average molecular weight is 435 g/mol. The van der Waals surface area contributed by atoms with Gasteiger partial charge in [-0.25, -0.2) is 0 Å². The lowest BCUT2D eigenvalue weighted by Crippen LogP contribution is -2.99. The summed E-state index contributed by atoms with van der Waals surface area (Å²) in [5.74, 6) is 0. The van der Waals surface area contributed by atoms with Crippen LogP contribution in [0.25, 0.3) is 0 Å². The summed E-state index contributed by atoms with van der Waals surface area (Å²) in [5, 5.41) is 0. The Hall–Kier alpha value is 1.74. The van der Waals surface area contributed by atoms with Crippen molar-refractivity contribution in [1.29, 1.82) is 0 Å². The number of hydrogen-bond donors (Lipinski definition) is 0. The Morgan fingerprint density at radius 2 is 0.545 bits per heavy atom. The van der Waals surface area contributed by atoms with Crippen molar-refractivity contribution in [2.75, 3.05) is 0 Å². The summed E-state index contributed by atoms with van der Waals surface area (Å²) in [7, 11) is -6.01. The molecule has 0 aromatic heterocycles. The molecule has 0 nitrogen and oxygen atoms in total. The van der Waals surface area contributed by atoms with Crippen LogP contribution in [0, 0.1) is 0 Å². The molecule has 1 aliphatic heterocycles. The molecule has 0 spiro atoms. The van der Waals surface area contributed by atoms with Crippen LogP contribution in [0.5, 0.6) is 0 Å². The monoisotopic (exact) mass is 434 g/mol. The minimum Gasteiger partial charge on any atom is -0.0739 e. The second-order valence-electron chi connectivity index (χ2n) is 11.8. The van der Waals surface area contributed by atoms with Gasteiger partial charge in [-0.2, -0.15) is 0 Å². The highest BCUT2D eigenvalue weighted by atomic mass is 30.3. The molecule has 0 unspecified atom stereocenters. The first kappa shape index (κ1) is 21.8. The van der Waals surface area contributed by atoms with Gasteiger partial charge >= 0.3 is 0 Å². The van der Waals surface area contributed by atoms with E-state index in [4.69, 9.17) is 0 Å². The lowest BCUT2D eigenvalue weighted by Gasteiger charge is -2.69. The molecular formula is C14H42Si8. The summed E-state index contributed by atoms with van der Waals surface area (Å²) >= 11 is 0. The van der Waals surface area contributed by atoms with Gasteiger partial charge in [-0.1, -0.05) is 91.7 Å². The van der Waals surface area contributed by atoms with Crippen molar-refractivity contribution < 1.29 is 0 Å². The van der Waals surface area contributed by atoms with Gasteiger partial charge in [-0.3, -0.25) is 0 Å². The maximum absolute atomic E-state index is 2.93. The standard InChI is InChI=1S/C14H42Si8/c1-17(2,3)15-19(7,8)21(11,12)16(18(4,5)6)22(13,14)20(15,9)10/h1-14H3.